The molecular formula is C10H18O2. The summed E-state index contributed by atoms with van der Waals surface area (Å²) in [6.07, 6.45) is 0.966. The summed E-state index contributed by atoms with van der Waals surface area (Å²) in [5.74, 6) is -0.0162. The lowest BCUT2D eigenvalue weighted by atomic mass is 9.82. The van der Waals surface area contributed by atoms with Crippen LogP contribution < -0.4 is 0 Å². The standard InChI is InChI=1S/C10H18O2/c1-7(2)6-9(12)10(4,5)8(3)11/h6,8,11H,1-5H3. The van der Waals surface area contributed by atoms with E-state index in [4.69, 9.17) is 0 Å². The Bertz CT molecular complexity index is 196. The molecular weight excluding hydrogens is 152 g/mol. The Kier molecular flexibility index (Phi) is 3.65. The van der Waals surface area contributed by atoms with Crippen molar-refractivity contribution in [3.63, 3.8) is 0 Å². The van der Waals surface area contributed by atoms with Crippen molar-refractivity contribution in [3.05, 3.63) is 11.6 Å². The van der Waals surface area contributed by atoms with Gasteiger partial charge in [-0.2, -0.15) is 0 Å². The third-order valence-corrected chi connectivity index (χ3v) is 2.10. The predicted octanol–water partition coefficient (Wildman–Crippen LogP) is 1.93. The van der Waals surface area contributed by atoms with Crippen molar-refractivity contribution >= 4 is 5.78 Å². The van der Waals surface area contributed by atoms with Crippen molar-refractivity contribution in [2.24, 2.45) is 5.41 Å². The van der Waals surface area contributed by atoms with Crippen LogP contribution in [-0.4, -0.2) is 17.0 Å². The number of allylic oxidation sites excluding steroid dienone is 2. The van der Waals surface area contributed by atoms with Gasteiger partial charge in [-0.25, -0.2) is 0 Å². The number of aliphatic hydroxyl groups excluding tert-OH is 1. The van der Waals surface area contributed by atoms with E-state index in [0.717, 1.165) is 5.57 Å². The normalized spacial score (nSPS) is 13.8. The van der Waals surface area contributed by atoms with Gasteiger partial charge in [-0.15, -0.1) is 0 Å². The topological polar surface area (TPSA) is 37.3 Å². The molecule has 1 N–H and O–H groups in total. The molecule has 1 unspecified atom stereocenters. The Morgan fingerprint density at radius 3 is 2.08 bits per heavy atom. The van der Waals surface area contributed by atoms with E-state index in [1.807, 2.05) is 13.8 Å². The lowest BCUT2D eigenvalue weighted by Gasteiger charge is -2.24. The summed E-state index contributed by atoms with van der Waals surface area (Å²) in [5.41, 5.74) is 0.297. The van der Waals surface area contributed by atoms with Crippen molar-refractivity contribution < 1.29 is 9.90 Å². The third kappa shape index (κ3) is 2.78. The van der Waals surface area contributed by atoms with Gasteiger partial charge in [0.25, 0.3) is 0 Å². The highest BCUT2D eigenvalue weighted by Gasteiger charge is 2.30. The van der Waals surface area contributed by atoms with Crippen LogP contribution in [0.2, 0.25) is 0 Å². The second kappa shape index (κ2) is 3.85. The van der Waals surface area contributed by atoms with Crippen LogP contribution in [0.15, 0.2) is 11.6 Å². The predicted molar refractivity (Wildman–Crippen MR) is 49.9 cm³/mol. The monoisotopic (exact) mass is 170 g/mol. The summed E-state index contributed by atoms with van der Waals surface area (Å²) >= 11 is 0. The lowest BCUT2D eigenvalue weighted by molar-refractivity contribution is -0.127. The lowest BCUT2D eigenvalue weighted by Crippen LogP contribution is -2.34. The van der Waals surface area contributed by atoms with Crippen LogP contribution in [0, 0.1) is 5.41 Å². The molecule has 2 heteroatoms. The molecule has 0 rings (SSSR count). The molecule has 0 heterocycles. The number of hydrogen-bond acceptors (Lipinski definition) is 2. The van der Waals surface area contributed by atoms with E-state index in [1.165, 1.54) is 0 Å². The van der Waals surface area contributed by atoms with E-state index in [9.17, 15) is 9.90 Å². The van der Waals surface area contributed by atoms with Crippen LogP contribution in [0.1, 0.15) is 34.6 Å². The summed E-state index contributed by atoms with van der Waals surface area (Å²) in [6.45, 7) is 8.88. The van der Waals surface area contributed by atoms with Gasteiger partial charge in [0.15, 0.2) is 5.78 Å². The second-order valence-corrected chi connectivity index (χ2v) is 3.98. The molecule has 0 aliphatic carbocycles. The van der Waals surface area contributed by atoms with Crippen molar-refractivity contribution in [3.8, 4) is 0 Å². The first-order chi connectivity index (χ1) is 5.28. The van der Waals surface area contributed by atoms with Crippen LogP contribution in [-0.2, 0) is 4.79 Å². The van der Waals surface area contributed by atoms with E-state index in [1.54, 1.807) is 26.8 Å². The van der Waals surface area contributed by atoms with Gasteiger partial charge < -0.3 is 5.11 Å². The molecule has 0 spiro atoms. The van der Waals surface area contributed by atoms with E-state index in [2.05, 4.69) is 0 Å². The van der Waals surface area contributed by atoms with Gasteiger partial charge in [-0.3, -0.25) is 4.79 Å². The summed E-state index contributed by atoms with van der Waals surface area (Å²) in [4.78, 5) is 11.5. The molecule has 12 heavy (non-hydrogen) atoms. The SMILES string of the molecule is CC(C)=CC(=O)C(C)(C)C(C)O. The van der Waals surface area contributed by atoms with Crippen LogP contribution in [0.3, 0.4) is 0 Å². The van der Waals surface area contributed by atoms with E-state index in [0.29, 0.717) is 0 Å². The van der Waals surface area contributed by atoms with Crippen molar-refractivity contribution in [2.75, 3.05) is 0 Å². The number of ketones is 1. The van der Waals surface area contributed by atoms with Crippen molar-refractivity contribution in [1.82, 2.24) is 0 Å². The zero-order chi connectivity index (χ0) is 9.94. The van der Waals surface area contributed by atoms with Gasteiger partial charge in [0.1, 0.15) is 0 Å². The number of carbonyl (C=O) groups excluding carboxylic acids is 1. The van der Waals surface area contributed by atoms with Gasteiger partial charge in [-0.05, 0) is 26.8 Å². The molecule has 0 aromatic carbocycles. The minimum absolute atomic E-state index is 0.0162. The Balaban J connectivity index is 4.59. The minimum atomic E-state index is -0.669. The quantitative estimate of drug-likeness (QED) is 0.657. The molecule has 0 amide bonds. The molecule has 1 atom stereocenters. The molecule has 70 valence electrons. The molecule has 0 aliphatic rings. The Morgan fingerprint density at radius 1 is 1.42 bits per heavy atom. The summed E-state index contributed by atoms with van der Waals surface area (Å²) in [7, 11) is 0. The van der Waals surface area contributed by atoms with Crippen LogP contribution >= 0.6 is 0 Å². The first-order valence-electron chi connectivity index (χ1n) is 4.16. The maximum atomic E-state index is 11.5. The molecule has 0 aliphatic heterocycles. The molecule has 0 radical (unpaired) electrons. The molecule has 0 fully saturated rings. The van der Waals surface area contributed by atoms with Crippen LogP contribution in [0.25, 0.3) is 0 Å². The fourth-order valence-electron chi connectivity index (χ4n) is 0.654. The van der Waals surface area contributed by atoms with Gasteiger partial charge in [0.05, 0.1) is 11.5 Å². The fraction of sp³-hybridized carbons (Fsp3) is 0.700. The largest absolute Gasteiger partial charge is 0.392 e. The Labute approximate surface area is 74.3 Å². The first kappa shape index (κ1) is 11.4. The van der Waals surface area contributed by atoms with Crippen molar-refractivity contribution in [1.29, 1.82) is 0 Å². The first-order valence-corrected chi connectivity index (χ1v) is 4.16. The molecule has 0 aromatic heterocycles. The number of hydrogen-bond donors (Lipinski definition) is 1. The second-order valence-electron chi connectivity index (χ2n) is 3.98. The van der Waals surface area contributed by atoms with Gasteiger partial charge in [0, 0.05) is 0 Å². The minimum Gasteiger partial charge on any atom is -0.392 e. The molecule has 0 saturated carbocycles. The Morgan fingerprint density at radius 2 is 1.83 bits per heavy atom. The number of aliphatic hydroxyl groups is 1. The van der Waals surface area contributed by atoms with Gasteiger partial charge in [0.2, 0.25) is 0 Å². The zero-order valence-corrected chi connectivity index (χ0v) is 8.51. The fourth-order valence-corrected chi connectivity index (χ4v) is 0.654. The number of rotatable bonds is 3. The van der Waals surface area contributed by atoms with Gasteiger partial charge in [-0.1, -0.05) is 19.4 Å². The third-order valence-electron chi connectivity index (χ3n) is 2.10. The highest BCUT2D eigenvalue weighted by Crippen LogP contribution is 2.22. The van der Waals surface area contributed by atoms with E-state index in [-0.39, 0.29) is 5.78 Å². The average molecular weight is 170 g/mol. The average Bonchev–Trinajstić information content (AvgIpc) is 1.85. The molecule has 0 saturated heterocycles. The highest BCUT2D eigenvalue weighted by atomic mass is 16.3. The van der Waals surface area contributed by atoms with Gasteiger partial charge >= 0.3 is 0 Å². The smallest absolute Gasteiger partial charge is 0.163 e. The molecule has 0 aromatic rings. The van der Waals surface area contributed by atoms with Crippen LogP contribution in [0.4, 0.5) is 0 Å². The number of carbonyl (C=O) groups is 1. The summed E-state index contributed by atoms with van der Waals surface area (Å²) in [5, 5.41) is 9.31. The van der Waals surface area contributed by atoms with E-state index >= 15 is 0 Å². The van der Waals surface area contributed by atoms with Crippen LogP contribution in [0.5, 0.6) is 0 Å². The Hall–Kier alpha value is -0.630. The maximum absolute atomic E-state index is 11.5. The van der Waals surface area contributed by atoms with E-state index < -0.39 is 11.5 Å². The van der Waals surface area contributed by atoms with Crippen molar-refractivity contribution in [2.45, 2.75) is 40.7 Å². The molecule has 2 nitrogen and oxygen atoms in total. The summed E-state index contributed by atoms with van der Waals surface area (Å²) < 4.78 is 0. The zero-order valence-electron chi connectivity index (χ0n) is 8.51. The summed E-state index contributed by atoms with van der Waals surface area (Å²) in [6, 6.07) is 0. The highest BCUT2D eigenvalue weighted by molar-refractivity contribution is 5.95. The maximum Gasteiger partial charge on any atom is 0.163 e. The molecule has 0 bridgehead atoms.